The third kappa shape index (κ3) is 2.66. The number of carboxylic acids is 1. The molecule has 0 aliphatic heterocycles. The van der Waals surface area contributed by atoms with Gasteiger partial charge < -0.3 is 9.84 Å². The highest BCUT2D eigenvalue weighted by Crippen LogP contribution is 2.30. The van der Waals surface area contributed by atoms with E-state index in [9.17, 15) is 19.3 Å². The zero-order valence-corrected chi connectivity index (χ0v) is 9.69. The summed E-state index contributed by atoms with van der Waals surface area (Å²) in [6.45, 7) is 0. The van der Waals surface area contributed by atoms with Gasteiger partial charge in [-0.15, -0.1) is 0 Å². The van der Waals surface area contributed by atoms with Gasteiger partial charge in [-0.3, -0.25) is 10.1 Å². The summed E-state index contributed by atoms with van der Waals surface area (Å²) in [6, 6.07) is 3.17. The number of hydrogen-bond donors (Lipinski definition) is 1. The summed E-state index contributed by atoms with van der Waals surface area (Å²) >= 11 is 0. The number of nitro benzene ring substituents is 1. The Bertz CT molecular complexity index is 674. The number of aromatic carboxylic acids is 1. The number of nitrogens with zero attached hydrogens (tertiary/aromatic N) is 3. The normalized spacial score (nSPS) is 10.1. The van der Waals surface area contributed by atoms with Gasteiger partial charge in [0.15, 0.2) is 17.1 Å². The van der Waals surface area contributed by atoms with Gasteiger partial charge >= 0.3 is 12.0 Å². The zero-order chi connectivity index (χ0) is 14.7. The van der Waals surface area contributed by atoms with Gasteiger partial charge in [-0.2, -0.15) is 0 Å². The lowest BCUT2D eigenvalue weighted by Gasteiger charge is -2.06. The van der Waals surface area contributed by atoms with E-state index < -0.39 is 28.0 Å². The molecule has 1 heterocycles. The Balaban J connectivity index is 2.46. The van der Waals surface area contributed by atoms with Crippen molar-refractivity contribution in [2.24, 2.45) is 0 Å². The fourth-order valence-corrected chi connectivity index (χ4v) is 1.42. The van der Waals surface area contributed by atoms with Gasteiger partial charge in [-0.25, -0.2) is 19.2 Å². The second-order valence-electron chi connectivity index (χ2n) is 3.50. The molecule has 1 aromatic carbocycles. The molecule has 0 amide bonds. The second kappa shape index (κ2) is 5.26. The molecule has 0 atom stereocenters. The van der Waals surface area contributed by atoms with E-state index in [0.29, 0.717) is 0 Å². The van der Waals surface area contributed by atoms with Gasteiger partial charge in [0.25, 0.3) is 5.69 Å². The number of hydrogen-bond acceptors (Lipinski definition) is 6. The molecular formula is C11H6FN3O5. The lowest BCUT2D eigenvalue weighted by atomic mass is 10.1. The molecule has 0 aliphatic rings. The standard InChI is InChI=1S/C11H6FN3O5/c12-6-4-13-11(14-5-6)20-8-3-1-2-7(15(18)19)9(8)10(16)17/h1-5H,(H,16,17). The molecule has 0 spiro atoms. The van der Waals surface area contributed by atoms with Crippen LogP contribution in [0.4, 0.5) is 10.1 Å². The molecule has 9 heteroatoms. The molecule has 0 saturated carbocycles. The van der Waals surface area contributed by atoms with Crippen molar-refractivity contribution in [3.8, 4) is 11.8 Å². The summed E-state index contributed by atoms with van der Waals surface area (Å²) in [6.07, 6.45) is 1.64. The largest absolute Gasteiger partial charge is 0.477 e. The van der Waals surface area contributed by atoms with Gasteiger partial charge in [-0.1, -0.05) is 6.07 Å². The second-order valence-corrected chi connectivity index (χ2v) is 3.50. The molecule has 20 heavy (non-hydrogen) atoms. The van der Waals surface area contributed by atoms with E-state index in [0.717, 1.165) is 18.5 Å². The molecule has 0 fully saturated rings. The Kier molecular flexibility index (Phi) is 3.51. The maximum absolute atomic E-state index is 12.6. The summed E-state index contributed by atoms with van der Waals surface area (Å²) in [5.74, 6) is -2.54. The van der Waals surface area contributed by atoms with E-state index in [-0.39, 0.29) is 11.8 Å². The molecule has 1 aromatic heterocycles. The van der Waals surface area contributed by atoms with Crippen molar-refractivity contribution in [1.29, 1.82) is 0 Å². The monoisotopic (exact) mass is 279 g/mol. The third-order valence-electron chi connectivity index (χ3n) is 2.21. The summed E-state index contributed by atoms with van der Waals surface area (Å²) < 4.78 is 17.7. The first kappa shape index (κ1) is 13.3. The molecule has 8 nitrogen and oxygen atoms in total. The van der Waals surface area contributed by atoms with E-state index in [4.69, 9.17) is 9.84 Å². The van der Waals surface area contributed by atoms with Crippen LogP contribution in [0.25, 0.3) is 0 Å². The maximum atomic E-state index is 12.6. The molecule has 0 radical (unpaired) electrons. The number of ether oxygens (including phenoxy) is 1. The molecule has 0 aliphatic carbocycles. The predicted molar refractivity (Wildman–Crippen MR) is 62.1 cm³/mol. The van der Waals surface area contributed by atoms with Crippen LogP contribution in [0.5, 0.6) is 11.8 Å². The van der Waals surface area contributed by atoms with Crippen LogP contribution in [-0.4, -0.2) is 26.0 Å². The first-order valence-electron chi connectivity index (χ1n) is 5.15. The molecule has 102 valence electrons. The summed E-state index contributed by atoms with van der Waals surface area (Å²) in [5, 5.41) is 19.8. The topological polar surface area (TPSA) is 115 Å². The van der Waals surface area contributed by atoms with Crippen LogP contribution in [0.3, 0.4) is 0 Å². The Morgan fingerprint density at radius 3 is 2.55 bits per heavy atom. The minimum absolute atomic E-state index is 0.307. The fourth-order valence-electron chi connectivity index (χ4n) is 1.42. The number of benzene rings is 1. The first-order valence-corrected chi connectivity index (χ1v) is 5.15. The highest BCUT2D eigenvalue weighted by atomic mass is 19.1. The van der Waals surface area contributed by atoms with Crippen LogP contribution in [0.15, 0.2) is 30.6 Å². The third-order valence-corrected chi connectivity index (χ3v) is 2.21. The van der Waals surface area contributed by atoms with E-state index in [2.05, 4.69) is 9.97 Å². The van der Waals surface area contributed by atoms with Crippen molar-refractivity contribution in [1.82, 2.24) is 9.97 Å². The number of halogens is 1. The molecule has 1 N–H and O–H groups in total. The molecular weight excluding hydrogens is 273 g/mol. The van der Waals surface area contributed by atoms with E-state index in [1.165, 1.54) is 12.1 Å². The van der Waals surface area contributed by atoms with Crippen LogP contribution in [0.1, 0.15) is 10.4 Å². The van der Waals surface area contributed by atoms with Gasteiger partial charge in [0.1, 0.15) is 0 Å². The van der Waals surface area contributed by atoms with E-state index in [1.54, 1.807) is 0 Å². The van der Waals surface area contributed by atoms with Crippen molar-refractivity contribution in [3.63, 3.8) is 0 Å². The average Bonchev–Trinajstić information content (AvgIpc) is 2.40. The van der Waals surface area contributed by atoms with Gasteiger partial charge in [0, 0.05) is 6.07 Å². The molecule has 0 unspecified atom stereocenters. The lowest BCUT2D eigenvalue weighted by molar-refractivity contribution is -0.385. The number of aromatic nitrogens is 2. The zero-order valence-electron chi connectivity index (χ0n) is 9.69. The number of carboxylic acid groups (broad SMARTS) is 1. The van der Waals surface area contributed by atoms with Crippen molar-refractivity contribution in [2.45, 2.75) is 0 Å². The number of carbonyl (C=O) groups is 1. The average molecular weight is 279 g/mol. The number of nitro groups is 1. The SMILES string of the molecule is O=C(O)c1c(Oc2ncc(F)cn2)cccc1[N+](=O)[O-]. The Labute approximate surface area is 110 Å². The van der Waals surface area contributed by atoms with Gasteiger partial charge in [0.05, 0.1) is 17.3 Å². The highest BCUT2D eigenvalue weighted by molar-refractivity contribution is 5.95. The Morgan fingerprint density at radius 1 is 1.35 bits per heavy atom. The Hall–Kier alpha value is -3.10. The molecule has 2 rings (SSSR count). The van der Waals surface area contributed by atoms with Crippen molar-refractivity contribution < 1.29 is 24.0 Å². The first-order chi connectivity index (χ1) is 9.49. The van der Waals surface area contributed by atoms with Crippen molar-refractivity contribution >= 4 is 11.7 Å². The molecule has 0 bridgehead atoms. The maximum Gasteiger partial charge on any atom is 0.346 e. The summed E-state index contributed by atoms with van der Waals surface area (Å²) in [7, 11) is 0. The van der Waals surface area contributed by atoms with Crippen LogP contribution in [-0.2, 0) is 0 Å². The summed E-state index contributed by atoms with van der Waals surface area (Å²) in [4.78, 5) is 28.0. The van der Waals surface area contributed by atoms with Crippen LogP contribution >= 0.6 is 0 Å². The minimum atomic E-state index is -1.53. The van der Waals surface area contributed by atoms with Crippen LogP contribution in [0.2, 0.25) is 0 Å². The summed E-state index contributed by atoms with van der Waals surface area (Å²) in [5.41, 5.74) is -1.26. The highest BCUT2D eigenvalue weighted by Gasteiger charge is 2.25. The fraction of sp³-hybridized carbons (Fsp3) is 0. The van der Waals surface area contributed by atoms with Gasteiger partial charge in [-0.05, 0) is 6.07 Å². The van der Waals surface area contributed by atoms with Crippen LogP contribution in [0, 0.1) is 15.9 Å². The number of rotatable bonds is 4. The van der Waals surface area contributed by atoms with Crippen molar-refractivity contribution in [2.75, 3.05) is 0 Å². The Morgan fingerprint density at radius 2 is 2.00 bits per heavy atom. The minimum Gasteiger partial charge on any atom is -0.477 e. The molecule has 0 saturated heterocycles. The molecule has 2 aromatic rings. The van der Waals surface area contributed by atoms with Crippen LogP contribution < -0.4 is 4.74 Å². The lowest BCUT2D eigenvalue weighted by Crippen LogP contribution is -2.05. The van der Waals surface area contributed by atoms with E-state index >= 15 is 0 Å². The van der Waals surface area contributed by atoms with Gasteiger partial charge in [0.2, 0.25) is 0 Å². The quantitative estimate of drug-likeness (QED) is 0.672. The van der Waals surface area contributed by atoms with Crippen molar-refractivity contribution in [3.05, 3.63) is 52.1 Å². The van der Waals surface area contributed by atoms with E-state index in [1.807, 2.05) is 0 Å². The predicted octanol–water partition coefficient (Wildman–Crippen LogP) is 2.01. The smallest absolute Gasteiger partial charge is 0.346 e.